The van der Waals surface area contributed by atoms with E-state index in [1.54, 1.807) is 0 Å². The van der Waals surface area contributed by atoms with Crippen molar-refractivity contribution in [2.45, 2.75) is 27.2 Å². The molecule has 3 aromatic rings. The predicted octanol–water partition coefficient (Wildman–Crippen LogP) is 6.25. The summed E-state index contributed by atoms with van der Waals surface area (Å²) in [6, 6.07) is 20.0. The quantitative estimate of drug-likeness (QED) is 0.503. The summed E-state index contributed by atoms with van der Waals surface area (Å²) in [4.78, 5) is 12.6. The average molecular weight is 412 g/mol. The molecule has 3 rings (SSSR count). The van der Waals surface area contributed by atoms with Crippen LogP contribution in [0.2, 0.25) is 5.02 Å². The van der Waals surface area contributed by atoms with Gasteiger partial charge in [0.15, 0.2) is 0 Å². The smallest absolute Gasteiger partial charge is 0.259 e. The van der Waals surface area contributed by atoms with Crippen molar-refractivity contribution in [3.63, 3.8) is 0 Å². The van der Waals surface area contributed by atoms with Crippen molar-refractivity contribution >= 4 is 23.2 Å². The lowest BCUT2D eigenvalue weighted by atomic mass is 10.1. The standard InChI is InChI=1S/C22H20ClNO3.C2H6/c1-15-7-10-21(27-12-11-16-5-3-2-4-6-16)19(13-15)24-22(26)18-14-17(23)8-9-20(18)25;1-2/h2-10,13-14,25H,11-12H2,1H3,(H,24,26);1-2H3. The number of halogens is 1. The molecule has 0 bridgehead atoms. The molecule has 0 spiro atoms. The molecule has 1 amide bonds. The number of carbonyl (C=O) groups excluding carboxylic acids is 1. The Morgan fingerprint density at radius 3 is 2.48 bits per heavy atom. The van der Waals surface area contributed by atoms with Crippen LogP contribution in [0.5, 0.6) is 11.5 Å². The maximum absolute atomic E-state index is 12.6. The van der Waals surface area contributed by atoms with E-state index in [-0.39, 0.29) is 11.3 Å². The Bertz CT molecular complexity index is 942. The Morgan fingerprint density at radius 2 is 1.76 bits per heavy atom. The monoisotopic (exact) mass is 411 g/mol. The van der Waals surface area contributed by atoms with Gasteiger partial charge in [-0.05, 0) is 48.4 Å². The predicted molar refractivity (Wildman–Crippen MR) is 119 cm³/mol. The minimum Gasteiger partial charge on any atom is -0.507 e. The first-order valence-corrected chi connectivity index (χ1v) is 9.98. The molecule has 0 saturated heterocycles. The van der Waals surface area contributed by atoms with E-state index in [4.69, 9.17) is 16.3 Å². The summed E-state index contributed by atoms with van der Waals surface area (Å²) in [5.74, 6) is -0.00370. The van der Waals surface area contributed by atoms with Gasteiger partial charge in [-0.2, -0.15) is 0 Å². The van der Waals surface area contributed by atoms with Gasteiger partial charge < -0.3 is 15.2 Å². The van der Waals surface area contributed by atoms with Gasteiger partial charge >= 0.3 is 0 Å². The highest BCUT2D eigenvalue weighted by Gasteiger charge is 2.14. The third-order valence-corrected chi connectivity index (χ3v) is 4.31. The highest BCUT2D eigenvalue weighted by atomic mass is 35.5. The maximum atomic E-state index is 12.6. The largest absolute Gasteiger partial charge is 0.507 e. The molecule has 0 aromatic heterocycles. The van der Waals surface area contributed by atoms with E-state index >= 15 is 0 Å². The van der Waals surface area contributed by atoms with Crippen LogP contribution in [0.15, 0.2) is 66.7 Å². The van der Waals surface area contributed by atoms with Crippen LogP contribution in [-0.2, 0) is 6.42 Å². The second-order valence-electron chi connectivity index (χ2n) is 6.20. The van der Waals surface area contributed by atoms with E-state index in [1.165, 1.54) is 23.8 Å². The molecule has 0 radical (unpaired) electrons. The number of hydrogen-bond donors (Lipinski definition) is 2. The summed E-state index contributed by atoms with van der Waals surface area (Å²) in [6.07, 6.45) is 0.761. The molecule has 0 saturated carbocycles. The number of phenolic OH excluding ortho intramolecular Hbond substituents is 1. The lowest BCUT2D eigenvalue weighted by molar-refractivity contribution is 0.102. The van der Waals surface area contributed by atoms with Crippen LogP contribution in [0.25, 0.3) is 0 Å². The molecule has 0 unspecified atom stereocenters. The lowest BCUT2D eigenvalue weighted by Gasteiger charge is -2.14. The molecule has 0 aliphatic heterocycles. The van der Waals surface area contributed by atoms with Gasteiger partial charge in [-0.25, -0.2) is 0 Å². The lowest BCUT2D eigenvalue weighted by Crippen LogP contribution is -2.14. The minimum atomic E-state index is -0.450. The average Bonchev–Trinajstić information content (AvgIpc) is 2.73. The van der Waals surface area contributed by atoms with Gasteiger partial charge in [-0.15, -0.1) is 0 Å². The maximum Gasteiger partial charge on any atom is 0.259 e. The number of amides is 1. The highest BCUT2D eigenvalue weighted by Crippen LogP contribution is 2.28. The van der Waals surface area contributed by atoms with Crippen molar-refractivity contribution < 1.29 is 14.6 Å². The van der Waals surface area contributed by atoms with Crippen molar-refractivity contribution in [1.29, 1.82) is 0 Å². The normalized spacial score (nSPS) is 9.93. The summed E-state index contributed by atoms with van der Waals surface area (Å²) in [6.45, 7) is 6.42. The van der Waals surface area contributed by atoms with Crippen molar-refractivity contribution in [1.82, 2.24) is 0 Å². The Labute approximate surface area is 177 Å². The summed E-state index contributed by atoms with van der Waals surface area (Å²) < 4.78 is 5.88. The minimum absolute atomic E-state index is 0.110. The van der Waals surface area contributed by atoms with E-state index in [1.807, 2.05) is 69.3 Å². The number of phenols is 1. The van der Waals surface area contributed by atoms with Crippen LogP contribution in [0.3, 0.4) is 0 Å². The molecule has 152 valence electrons. The van der Waals surface area contributed by atoms with Crippen LogP contribution in [-0.4, -0.2) is 17.6 Å². The van der Waals surface area contributed by atoms with Crippen LogP contribution < -0.4 is 10.1 Å². The Hall–Kier alpha value is -2.98. The van der Waals surface area contributed by atoms with Crippen molar-refractivity contribution in [2.75, 3.05) is 11.9 Å². The molecule has 0 fully saturated rings. The topological polar surface area (TPSA) is 58.6 Å². The second kappa shape index (κ2) is 11.1. The molecule has 3 aromatic carbocycles. The zero-order chi connectivity index (χ0) is 21.2. The second-order valence-corrected chi connectivity index (χ2v) is 6.64. The van der Waals surface area contributed by atoms with Gasteiger partial charge in [0.2, 0.25) is 0 Å². The number of hydrogen-bond acceptors (Lipinski definition) is 3. The zero-order valence-electron chi connectivity index (χ0n) is 16.9. The van der Waals surface area contributed by atoms with Gasteiger partial charge in [0, 0.05) is 11.4 Å². The summed E-state index contributed by atoms with van der Waals surface area (Å²) in [5.41, 5.74) is 2.82. The molecule has 5 heteroatoms. The van der Waals surface area contributed by atoms with E-state index in [9.17, 15) is 9.90 Å². The molecule has 0 heterocycles. The van der Waals surface area contributed by atoms with Gasteiger partial charge in [-0.3, -0.25) is 4.79 Å². The Kier molecular flexibility index (Phi) is 8.56. The van der Waals surface area contributed by atoms with Gasteiger partial charge in [-0.1, -0.05) is 61.8 Å². The molecule has 29 heavy (non-hydrogen) atoms. The number of nitrogens with one attached hydrogen (secondary N) is 1. The van der Waals surface area contributed by atoms with E-state index in [2.05, 4.69) is 5.32 Å². The third kappa shape index (κ3) is 6.54. The Balaban J connectivity index is 0.00000145. The first-order valence-electron chi connectivity index (χ1n) is 9.60. The number of carbonyl (C=O) groups is 1. The molecule has 0 aliphatic carbocycles. The summed E-state index contributed by atoms with van der Waals surface area (Å²) in [7, 11) is 0. The number of rotatable bonds is 6. The van der Waals surface area contributed by atoms with Crippen molar-refractivity contribution in [2.24, 2.45) is 0 Å². The summed E-state index contributed by atoms with van der Waals surface area (Å²) >= 11 is 5.93. The fourth-order valence-corrected chi connectivity index (χ4v) is 2.84. The zero-order valence-corrected chi connectivity index (χ0v) is 17.7. The SMILES string of the molecule is CC.Cc1ccc(OCCc2ccccc2)c(NC(=O)c2cc(Cl)ccc2O)c1. The van der Waals surface area contributed by atoms with Gasteiger partial charge in [0.25, 0.3) is 5.91 Å². The van der Waals surface area contributed by atoms with Crippen LogP contribution in [0, 0.1) is 6.92 Å². The molecule has 4 nitrogen and oxygen atoms in total. The van der Waals surface area contributed by atoms with E-state index < -0.39 is 5.91 Å². The third-order valence-electron chi connectivity index (χ3n) is 4.08. The number of ether oxygens (including phenoxy) is 1. The molecular weight excluding hydrogens is 386 g/mol. The van der Waals surface area contributed by atoms with E-state index in [0.717, 1.165) is 12.0 Å². The fraction of sp³-hybridized carbons (Fsp3) is 0.208. The number of anilines is 1. The molecule has 0 atom stereocenters. The van der Waals surface area contributed by atoms with Gasteiger partial charge in [0.1, 0.15) is 11.5 Å². The fourth-order valence-electron chi connectivity index (χ4n) is 2.67. The molecule has 0 aliphatic rings. The Morgan fingerprint density at radius 1 is 1.03 bits per heavy atom. The number of benzene rings is 3. The summed E-state index contributed by atoms with van der Waals surface area (Å²) in [5, 5.41) is 13.1. The number of aromatic hydroxyl groups is 1. The van der Waals surface area contributed by atoms with Gasteiger partial charge in [0.05, 0.1) is 17.9 Å². The first kappa shape index (κ1) is 22.3. The molecular formula is C24H26ClNO3. The van der Waals surface area contributed by atoms with Crippen molar-refractivity contribution in [3.05, 3.63) is 88.4 Å². The van der Waals surface area contributed by atoms with Crippen LogP contribution >= 0.6 is 11.6 Å². The molecule has 2 N–H and O–H groups in total. The van der Waals surface area contributed by atoms with E-state index in [0.29, 0.717) is 23.1 Å². The first-order chi connectivity index (χ1) is 14.0. The van der Waals surface area contributed by atoms with Crippen molar-refractivity contribution in [3.8, 4) is 11.5 Å². The van der Waals surface area contributed by atoms with Crippen LogP contribution in [0.1, 0.15) is 35.3 Å². The van der Waals surface area contributed by atoms with Crippen LogP contribution in [0.4, 0.5) is 5.69 Å². The number of aryl methyl sites for hydroxylation is 1. The highest BCUT2D eigenvalue weighted by molar-refractivity contribution is 6.31.